The van der Waals surface area contributed by atoms with Gasteiger partial charge in [0.05, 0.1) is 4.90 Å². The Morgan fingerprint density at radius 1 is 1.26 bits per heavy atom. The number of benzene rings is 1. The SMILES string of the molecule is Cl.Cn1ncnc1COc1ccc(S(=O)(=O)NCC2(C)CCNCC2)cc1. The molecule has 0 amide bonds. The zero-order valence-corrected chi connectivity index (χ0v) is 17.1. The second-order valence-corrected chi connectivity index (χ2v) is 8.71. The van der Waals surface area contributed by atoms with Gasteiger partial charge in [0, 0.05) is 13.6 Å². The van der Waals surface area contributed by atoms with Crippen LogP contribution in [0.2, 0.25) is 0 Å². The maximum atomic E-state index is 12.5. The van der Waals surface area contributed by atoms with Crippen molar-refractivity contribution in [3.8, 4) is 5.75 Å². The summed E-state index contributed by atoms with van der Waals surface area (Å²) in [6, 6.07) is 6.41. The summed E-state index contributed by atoms with van der Waals surface area (Å²) in [5.74, 6) is 1.27. The van der Waals surface area contributed by atoms with Gasteiger partial charge in [-0.2, -0.15) is 5.10 Å². The molecule has 2 N–H and O–H groups in total. The third-order valence-corrected chi connectivity index (χ3v) is 6.22. The van der Waals surface area contributed by atoms with Crippen molar-refractivity contribution >= 4 is 22.4 Å². The lowest BCUT2D eigenvalue weighted by atomic mass is 9.81. The molecule has 2 aromatic rings. The number of hydrogen-bond donors (Lipinski definition) is 2. The van der Waals surface area contributed by atoms with Crippen LogP contribution in [0.3, 0.4) is 0 Å². The van der Waals surface area contributed by atoms with Crippen molar-refractivity contribution in [1.82, 2.24) is 24.8 Å². The molecular formula is C17H26ClN5O3S. The highest BCUT2D eigenvalue weighted by atomic mass is 35.5. The van der Waals surface area contributed by atoms with Crippen molar-refractivity contribution in [3.05, 3.63) is 36.4 Å². The molecule has 0 radical (unpaired) electrons. The number of ether oxygens (including phenoxy) is 1. The summed E-state index contributed by atoms with van der Waals surface area (Å²) < 4.78 is 35.1. The van der Waals surface area contributed by atoms with Crippen molar-refractivity contribution in [2.75, 3.05) is 19.6 Å². The number of sulfonamides is 1. The lowest BCUT2D eigenvalue weighted by Crippen LogP contribution is -2.42. The van der Waals surface area contributed by atoms with E-state index in [0.717, 1.165) is 25.9 Å². The maximum absolute atomic E-state index is 12.5. The predicted octanol–water partition coefficient (Wildman–Crippen LogP) is 1.48. The molecule has 3 rings (SSSR count). The zero-order valence-electron chi connectivity index (χ0n) is 15.5. The highest BCUT2D eigenvalue weighted by molar-refractivity contribution is 7.89. The lowest BCUT2D eigenvalue weighted by molar-refractivity contribution is 0.232. The minimum atomic E-state index is -3.53. The Labute approximate surface area is 166 Å². The van der Waals surface area contributed by atoms with Crippen LogP contribution in [0.15, 0.2) is 35.5 Å². The summed E-state index contributed by atoms with van der Waals surface area (Å²) in [6.07, 6.45) is 3.39. The fraction of sp³-hybridized carbons (Fsp3) is 0.529. The van der Waals surface area contributed by atoms with Gasteiger partial charge in [-0.1, -0.05) is 6.92 Å². The Balaban J connectivity index is 0.00000261. The highest BCUT2D eigenvalue weighted by Crippen LogP contribution is 2.27. The summed E-state index contributed by atoms with van der Waals surface area (Å²) in [4.78, 5) is 4.32. The molecule has 10 heteroatoms. The van der Waals surface area contributed by atoms with E-state index in [4.69, 9.17) is 4.74 Å². The normalized spacial score (nSPS) is 16.5. The van der Waals surface area contributed by atoms with E-state index in [1.165, 1.54) is 6.33 Å². The van der Waals surface area contributed by atoms with E-state index >= 15 is 0 Å². The number of hydrogen-bond acceptors (Lipinski definition) is 6. The van der Waals surface area contributed by atoms with Crippen LogP contribution >= 0.6 is 12.4 Å². The Bertz CT molecular complexity index is 833. The standard InChI is InChI=1S/C17H25N5O3S.ClH/c1-17(7-9-18-10-8-17)12-21-26(23,24)15-5-3-14(4-6-15)25-11-16-19-13-20-22(16)2;/h3-6,13,18,21H,7-12H2,1-2H3;1H. The summed E-state index contributed by atoms with van der Waals surface area (Å²) in [5.41, 5.74) is -0.00251. The average molecular weight is 416 g/mol. The molecule has 0 unspecified atom stereocenters. The van der Waals surface area contributed by atoms with E-state index in [1.54, 1.807) is 36.0 Å². The molecule has 1 aliphatic heterocycles. The molecule has 2 heterocycles. The first-order valence-corrected chi connectivity index (χ1v) is 10.1. The molecule has 8 nitrogen and oxygen atoms in total. The fourth-order valence-electron chi connectivity index (χ4n) is 2.87. The maximum Gasteiger partial charge on any atom is 0.240 e. The van der Waals surface area contributed by atoms with Gasteiger partial charge in [-0.05, 0) is 55.6 Å². The lowest BCUT2D eigenvalue weighted by Gasteiger charge is -2.34. The van der Waals surface area contributed by atoms with Crippen LogP contribution in [0.25, 0.3) is 0 Å². The Morgan fingerprint density at radius 2 is 1.93 bits per heavy atom. The van der Waals surface area contributed by atoms with E-state index in [0.29, 0.717) is 18.1 Å². The number of nitrogens with zero attached hydrogens (tertiary/aromatic N) is 3. The molecule has 27 heavy (non-hydrogen) atoms. The highest BCUT2D eigenvalue weighted by Gasteiger charge is 2.28. The van der Waals surface area contributed by atoms with Gasteiger partial charge in [-0.25, -0.2) is 18.1 Å². The van der Waals surface area contributed by atoms with Crippen LogP contribution in [0, 0.1) is 5.41 Å². The summed E-state index contributed by atoms with van der Waals surface area (Å²) in [6.45, 7) is 4.69. The quantitative estimate of drug-likeness (QED) is 0.710. The van der Waals surface area contributed by atoms with Gasteiger partial charge in [0.15, 0.2) is 5.82 Å². The number of nitrogens with one attached hydrogen (secondary N) is 2. The second kappa shape index (κ2) is 9.01. The van der Waals surface area contributed by atoms with Crippen LogP contribution in [0.5, 0.6) is 5.75 Å². The minimum Gasteiger partial charge on any atom is -0.486 e. The van der Waals surface area contributed by atoms with Crippen LogP contribution in [-0.2, 0) is 23.7 Å². The molecule has 0 bridgehead atoms. The average Bonchev–Trinajstić information content (AvgIpc) is 3.04. The first-order valence-electron chi connectivity index (χ1n) is 8.64. The second-order valence-electron chi connectivity index (χ2n) is 6.95. The van der Waals surface area contributed by atoms with Crippen LogP contribution in [0.1, 0.15) is 25.6 Å². The van der Waals surface area contributed by atoms with Gasteiger partial charge in [-0.15, -0.1) is 12.4 Å². The van der Waals surface area contributed by atoms with Crippen LogP contribution < -0.4 is 14.8 Å². The molecule has 1 fully saturated rings. The summed E-state index contributed by atoms with van der Waals surface area (Å²) in [7, 11) is -1.74. The summed E-state index contributed by atoms with van der Waals surface area (Å²) in [5, 5.41) is 7.27. The third kappa shape index (κ3) is 5.65. The van der Waals surface area contributed by atoms with E-state index in [-0.39, 0.29) is 29.3 Å². The monoisotopic (exact) mass is 415 g/mol. The molecule has 0 aliphatic carbocycles. The Kier molecular flexibility index (Phi) is 7.21. The smallest absolute Gasteiger partial charge is 0.240 e. The molecule has 0 atom stereocenters. The van der Waals surface area contributed by atoms with Crippen LogP contribution in [0.4, 0.5) is 0 Å². The molecular weight excluding hydrogens is 390 g/mol. The van der Waals surface area contributed by atoms with Crippen molar-refractivity contribution < 1.29 is 13.2 Å². The topological polar surface area (TPSA) is 98.1 Å². The summed E-state index contributed by atoms with van der Waals surface area (Å²) >= 11 is 0. The Hall–Kier alpha value is -1.68. The number of aryl methyl sites for hydroxylation is 1. The minimum absolute atomic E-state index is 0. The van der Waals surface area contributed by atoms with E-state index < -0.39 is 10.0 Å². The van der Waals surface area contributed by atoms with E-state index in [1.807, 2.05) is 0 Å². The van der Waals surface area contributed by atoms with E-state index in [2.05, 4.69) is 27.0 Å². The van der Waals surface area contributed by atoms with Crippen molar-refractivity contribution in [1.29, 1.82) is 0 Å². The van der Waals surface area contributed by atoms with Gasteiger partial charge in [-0.3, -0.25) is 4.68 Å². The molecule has 0 saturated carbocycles. The van der Waals surface area contributed by atoms with Gasteiger partial charge in [0.25, 0.3) is 0 Å². The third-order valence-electron chi connectivity index (χ3n) is 4.81. The number of aromatic nitrogens is 3. The number of halogens is 1. The molecule has 1 aromatic carbocycles. The number of piperidine rings is 1. The molecule has 0 spiro atoms. The first kappa shape index (κ1) is 21.6. The van der Waals surface area contributed by atoms with Gasteiger partial charge in [0.2, 0.25) is 10.0 Å². The van der Waals surface area contributed by atoms with Gasteiger partial charge in [0.1, 0.15) is 18.7 Å². The fourth-order valence-corrected chi connectivity index (χ4v) is 4.07. The molecule has 1 saturated heterocycles. The number of rotatable bonds is 7. The molecule has 1 aromatic heterocycles. The predicted molar refractivity (Wildman–Crippen MR) is 104 cm³/mol. The van der Waals surface area contributed by atoms with E-state index in [9.17, 15) is 8.42 Å². The van der Waals surface area contributed by atoms with Gasteiger partial charge < -0.3 is 10.1 Å². The zero-order chi connectivity index (χ0) is 18.6. The van der Waals surface area contributed by atoms with Crippen molar-refractivity contribution in [3.63, 3.8) is 0 Å². The van der Waals surface area contributed by atoms with Crippen LogP contribution in [-0.4, -0.2) is 42.8 Å². The van der Waals surface area contributed by atoms with Gasteiger partial charge >= 0.3 is 0 Å². The molecule has 150 valence electrons. The Morgan fingerprint density at radius 3 is 2.52 bits per heavy atom. The largest absolute Gasteiger partial charge is 0.486 e. The first-order chi connectivity index (χ1) is 12.4. The van der Waals surface area contributed by atoms with Crippen molar-refractivity contribution in [2.45, 2.75) is 31.3 Å². The molecule has 1 aliphatic rings. The van der Waals surface area contributed by atoms with Crippen molar-refractivity contribution in [2.24, 2.45) is 12.5 Å².